The fourth-order valence-electron chi connectivity index (χ4n) is 1.74. The summed E-state index contributed by atoms with van der Waals surface area (Å²) in [7, 11) is 0. The highest BCUT2D eigenvalue weighted by Gasteiger charge is 2.23. The summed E-state index contributed by atoms with van der Waals surface area (Å²) < 4.78 is 18.8. The lowest BCUT2D eigenvalue weighted by molar-refractivity contribution is -0.385. The summed E-state index contributed by atoms with van der Waals surface area (Å²) in [6.07, 6.45) is 0. The summed E-state index contributed by atoms with van der Waals surface area (Å²) >= 11 is 0. The molecule has 2 aromatic rings. The van der Waals surface area contributed by atoms with E-state index in [9.17, 15) is 19.3 Å². The molecule has 0 aliphatic rings. The molecule has 0 aliphatic carbocycles. The van der Waals surface area contributed by atoms with Crippen molar-refractivity contribution in [3.63, 3.8) is 0 Å². The van der Waals surface area contributed by atoms with E-state index in [0.29, 0.717) is 11.8 Å². The maximum Gasteiger partial charge on any atom is 0.338 e. The number of ether oxygens (including phenoxy) is 1. The molecule has 0 heterocycles. The predicted octanol–water partition coefficient (Wildman–Crippen LogP) is 3.53. The minimum atomic E-state index is -1.53. The zero-order valence-electron chi connectivity index (χ0n) is 10.9. The average molecular weight is 291 g/mol. The molecule has 0 unspecified atom stereocenters. The fraction of sp³-hybridized carbons (Fsp3) is 0.0714. The number of halogens is 1. The SMILES string of the molecule is Cc1cccc(Oc2cc(C(=O)O)c(F)cc2[N+](=O)[O-])c1. The van der Waals surface area contributed by atoms with Gasteiger partial charge in [-0.3, -0.25) is 10.1 Å². The molecule has 0 aromatic heterocycles. The van der Waals surface area contributed by atoms with Gasteiger partial charge < -0.3 is 9.84 Å². The van der Waals surface area contributed by atoms with Crippen molar-refractivity contribution in [1.82, 2.24) is 0 Å². The maximum absolute atomic E-state index is 13.5. The standard InChI is InChI=1S/C14H10FNO5/c1-8-3-2-4-9(5-8)21-13-6-10(14(17)18)11(15)7-12(13)16(19)20/h2-7H,1H3,(H,17,18). The Kier molecular flexibility index (Phi) is 3.84. The molecule has 0 atom stereocenters. The van der Waals surface area contributed by atoms with Gasteiger partial charge in [0.05, 0.1) is 16.6 Å². The van der Waals surface area contributed by atoms with Crippen LogP contribution >= 0.6 is 0 Å². The molecule has 2 rings (SSSR count). The number of nitro benzene ring substituents is 1. The van der Waals surface area contributed by atoms with E-state index in [0.717, 1.165) is 11.6 Å². The summed E-state index contributed by atoms with van der Waals surface area (Å²) in [5.74, 6) is -2.76. The number of nitrogens with zero attached hydrogens (tertiary/aromatic N) is 1. The van der Waals surface area contributed by atoms with Crippen molar-refractivity contribution in [1.29, 1.82) is 0 Å². The van der Waals surface area contributed by atoms with Gasteiger partial charge in [0.2, 0.25) is 5.75 Å². The van der Waals surface area contributed by atoms with E-state index in [-0.39, 0.29) is 5.75 Å². The van der Waals surface area contributed by atoms with Crippen LogP contribution in [0, 0.1) is 22.9 Å². The fourth-order valence-corrected chi connectivity index (χ4v) is 1.74. The molecule has 0 radical (unpaired) electrons. The van der Waals surface area contributed by atoms with Crippen LogP contribution in [0.15, 0.2) is 36.4 Å². The quantitative estimate of drug-likeness (QED) is 0.687. The molecule has 1 N–H and O–H groups in total. The van der Waals surface area contributed by atoms with Crippen LogP contribution in [0.5, 0.6) is 11.5 Å². The molecule has 0 fully saturated rings. The lowest BCUT2D eigenvalue weighted by Crippen LogP contribution is -2.03. The van der Waals surface area contributed by atoms with Gasteiger partial charge in [-0.2, -0.15) is 0 Å². The lowest BCUT2D eigenvalue weighted by atomic mass is 10.1. The topological polar surface area (TPSA) is 89.7 Å². The average Bonchev–Trinajstić information content (AvgIpc) is 2.39. The number of hydrogen-bond acceptors (Lipinski definition) is 4. The highest BCUT2D eigenvalue weighted by Crippen LogP contribution is 2.34. The van der Waals surface area contributed by atoms with Crippen LogP contribution < -0.4 is 4.74 Å². The molecule has 0 bridgehead atoms. The van der Waals surface area contributed by atoms with Crippen LogP contribution in [0.25, 0.3) is 0 Å². The molecule has 108 valence electrons. The maximum atomic E-state index is 13.5. The predicted molar refractivity (Wildman–Crippen MR) is 71.3 cm³/mol. The summed E-state index contributed by atoms with van der Waals surface area (Å²) in [6.45, 7) is 1.80. The lowest BCUT2D eigenvalue weighted by Gasteiger charge is -2.08. The van der Waals surface area contributed by atoms with Gasteiger partial charge in [-0.25, -0.2) is 9.18 Å². The zero-order chi connectivity index (χ0) is 15.6. The molecular formula is C14H10FNO5. The third kappa shape index (κ3) is 3.14. The van der Waals surface area contributed by atoms with Gasteiger partial charge in [-0.05, 0) is 24.6 Å². The molecule has 21 heavy (non-hydrogen) atoms. The van der Waals surface area contributed by atoms with Gasteiger partial charge in [0, 0.05) is 6.07 Å². The molecular weight excluding hydrogens is 281 g/mol. The first-order valence-electron chi connectivity index (χ1n) is 5.84. The Bertz CT molecular complexity index is 729. The largest absolute Gasteiger partial charge is 0.478 e. The molecule has 0 spiro atoms. The van der Waals surface area contributed by atoms with Gasteiger partial charge in [-0.1, -0.05) is 12.1 Å². The molecule has 0 aliphatic heterocycles. The van der Waals surface area contributed by atoms with E-state index in [4.69, 9.17) is 9.84 Å². The number of aryl methyl sites for hydroxylation is 1. The van der Waals surface area contributed by atoms with Crippen LogP contribution in [0.4, 0.5) is 10.1 Å². The van der Waals surface area contributed by atoms with Crippen molar-refractivity contribution in [2.75, 3.05) is 0 Å². The number of carboxylic acid groups (broad SMARTS) is 1. The summed E-state index contributed by atoms with van der Waals surface area (Å²) in [5, 5.41) is 19.8. The number of aromatic carboxylic acids is 1. The molecule has 7 heteroatoms. The zero-order valence-corrected chi connectivity index (χ0v) is 10.9. The van der Waals surface area contributed by atoms with Crippen molar-refractivity contribution in [3.05, 3.63) is 63.5 Å². The Hall–Kier alpha value is -2.96. The summed E-state index contributed by atoms with van der Waals surface area (Å²) in [6, 6.07) is 7.99. The first-order valence-corrected chi connectivity index (χ1v) is 5.84. The monoisotopic (exact) mass is 291 g/mol. The van der Waals surface area contributed by atoms with E-state index < -0.39 is 28.0 Å². The number of carbonyl (C=O) groups is 1. The first kappa shape index (κ1) is 14.4. The first-order chi connectivity index (χ1) is 9.88. The van der Waals surface area contributed by atoms with Crippen LogP contribution in [-0.4, -0.2) is 16.0 Å². The molecule has 6 nitrogen and oxygen atoms in total. The van der Waals surface area contributed by atoms with E-state index in [1.165, 1.54) is 0 Å². The second-order valence-corrected chi connectivity index (χ2v) is 4.28. The van der Waals surface area contributed by atoms with Crippen LogP contribution in [0.2, 0.25) is 0 Å². The van der Waals surface area contributed by atoms with Gasteiger partial charge in [0.1, 0.15) is 11.6 Å². The molecule has 0 saturated carbocycles. The smallest absolute Gasteiger partial charge is 0.338 e. The van der Waals surface area contributed by atoms with Gasteiger partial charge >= 0.3 is 11.7 Å². The van der Waals surface area contributed by atoms with Crippen LogP contribution in [0.3, 0.4) is 0 Å². The highest BCUT2D eigenvalue weighted by molar-refractivity contribution is 5.89. The second kappa shape index (κ2) is 5.58. The minimum Gasteiger partial charge on any atom is -0.478 e. The van der Waals surface area contributed by atoms with E-state index >= 15 is 0 Å². The van der Waals surface area contributed by atoms with Gasteiger partial charge in [0.15, 0.2) is 0 Å². The van der Waals surface area contributed by atoms with E-state index in [1.54, 1.807) is 31.2 Å². The van der Waals surface area contributed by atoms with Crippen LogP contribution in [-0.2, 0) is 0 Å². The number of benzene rings is 2. The van der Waals surface area contributed by atoms with Crippen LogP contribution in [0.1, 0.15) is 15.9 Å². The van der Waals surface area contributed by atoms with E-state index in [1.807, 2.05) is 0 Å². The molecule has 2 aromatic carbocycles. The van der Waals surface area contributed by atoms with Gasteiger partial charge in [-0.15, -0.1) is 0 Å². The molecule has 0 saturated heterocycles. The van der Waals surface area contributed by atoms with Crippen molar-refractivity contribution in [2.45, 2.75) is 6.92 Å². The summed E-state index contributed by atoms with van der Waals surface area (Å²) in [5.41, 5.74) is -0.474. The number of rotatable bonds is 4. The van der Waals surface area contributed by atoms with Crippen molar-refractivity contribution in [2.24, 2.45) is 0 Å². The number of nitro groups is 1. The van der Waals surface area contributed by atoms with Crippen molar-refractivity contribution < 1.29 is 24.0 Å². The summed E-state index contributed by atoms with van der Waals surface area (Å²) in [4.78, 5) is 21.0. The van der Waals surface area contributed by atoms with E-state index in [2.05, 4.69) is 0 Å². The Labute approximate surface area is 118 Å². The Morgan fingerprint density at radius 2 is 2.05 bits per heavy atom. The van der Waals surface area contributed by atoms with Crippen molar-refractivity contribution in [3.8, 4) is 11.5 Å². The Balaban J connectivity index is 2.52. The minimum absolute atomic E-state index is 0.293. The Morgan fingerprint density at radius 3 is 2.62 bits per heavy atom. The third-order valence-corrected chi connectivity index (χ3v) is 2.69. The van der Waals surface area contributed by atoms with Crippen molar-refractivity contribution >= 4 is 11.7 Å². The highest BCUT2D eigenvalue weighted by atomic mass is 19.1. The normalized spacial score (nSPS) is 10.2. The second-order valence-electron chi connectivity index (χ2n) is 4.28. The number of hydrogen-bond donors (Lipinski definition) is 1. The van der Waals surface area contributed by atoms with Gasteiger partial charge in [0.25, 0.3) is 0 Å². The third-order valence-electron chi connectivity index (χ3n) is 2.69. The molecule has 0 amide bonds. The number of carboxylic acids is 1. The Morgan fingerprint density at radius 1 is 1.33 bits per heavy atom.